The fourth-order valence-electron chi connectivity index (χ4n) is 0.869. The molecule has 0 unspecified atom stereocenters. The van der Waals surface area contributed by atoms with Gasteiger partial charge >= 0.3 is 6.36 Å². The predicted octanol–water partition coefficient (Wildman–Crippen LogP) is 2.86. The van der Waals surface area contributed by atoms with Crippen LogP contribution in [0.25, 0.3) is 0 Å². The SMILES string of the molecule is O=c1[nH]cc(C(F)F)c(Cl)c1OC(F)(F)F. The summed E-state index contributed by atoms with van der Waals surface area (Å²) in [5.74, 6) is -1.40. The van der Waals surface area contributed by atoms with Crippen molar-refractivity contribution in [1.82, 2.24) is 4.98 Å². The van der Waals surface area contributed by atoms with Gasteiger partial charge in [-0.05, 0) is 0 Å². The Hall–Kier alpha value is -1.31. The monoisotopic (exact) mass is 263 g/mol. The third-order valence-electron chi connectivity index (χ3n) is 1.47. The van der Waals surface area contributed by atoms with E-state index in [-0.39, 0.29) is 0 Å². The molecule has 9 heteroatoms. The van der Waals surface area contributed by atoms with Crippen molar-refractivity contribution in [3.8, 4) is 5.75 Å². The summed E-state index contributed by atoms with van der Waals surface area (Å²) in [6, 6.07) is 0. The summed E-state index contributed by atoms with van der Waals surface area (Å²) in [7, 11) is 0. The maximum absolute atomic E-state index is 12.2. The van der Waals surface area contributed by atoms with Crippen molar-refractivity contribution < 1.29 is 26.7 Å². The van der Waals surface area contributed by atoms with Gasteiger partial charge in [-0.15, -0.1) is 13.2 Å². The predicted molar refractivity (Wildman–Crippen MR) is 43.7 cm³/mol. The molecule has 0 fully saturated rings. The summed E-state index contributed by atoms with van der Waals surface area (Å²) in [6.45, 7) is 0. The molecule has 1 aromatic heterocycles. The van der Waals surface area contributed by atoms with Crippen molar-refractivity contribution >= 4 is 11.6 Å². The minimum atomic E-state index is -5.18. The molecule has 0 radical (unpaired) electrons. The van der Waals surface area contributed by atoms with Crippen LogP contribution in [-0.4, -0.2) is 11.3 Å². The molecule has 1 heterocycles. The van der Waals surface area contributed by atoms with E-state index in [0.717, 1.165) is 0 Å². The van der Waals surface area contributed by atoms with Crippen molar-refractivity contribution in [2.45, 2.75) is 12.8 Å². The quantitative estimate of drug-likeness (QED) is 0.834. The topological polar surface area (TPSA) is 42.1 Å². The molecule has 0 saturated heterocycles. The van der Waals surface area contributed by atoms with Crippen molar-refractivity contribution in [2.75, 3.05) is 0 Å². The summed E-state index contributed by atoms with van der Waals surface area (Å²) >= 11 is 5.19. The highest BCUT2D eigenvalue weighted by atomic mass is 35.5. The van der Waals surface area contributed by atoms with Crippen LogP contribution in [0.2, 0.25) is 5.02 Å². The van der Waals surface area contributed by atoms with Gasteiger partial charge in [0.25, 0.3) is 12.0 Å². The van der Waals surface area contributed by atoms with Crippen LogP contribution in [0.15, 0.2) is 11.0 Å². The van der Waals surface area contributed by atoms with Gasteiger partial charge in [0, 0.05) is 6.20 Å². The number of aromatic nitrogens is 1. The lowest BCUT2D eigenvalue weighted by Crippen LogP contribution is -2.23. The molecule has 0 saturated carbocycles. The number of hydrogen-bond donors (Lipinski definition) is 1. The summed E-state index contributed by atoms with van der Waals surface area (Å²) in [5, 5.41) is -1.06. The van der Waals surface area contributed by atoms with Crippen molar-refractivity contribution in [2.24, 2.45) is 0 Å². The fraction of sp³-hybridized carbons (Fsp3) is 0.286. The standard InChI is InChI=1S/C7H3ClF5NO2/c8-3-2(5(9)10)1-14-6(15)4(3)16-7(11,12)13/h1,5H,(H,14,15). The number of alkyl halides is 5. The number of H-pyrrole nitrogens is 1. The molecular weight excluding hydrogens is 261 g/mol. The zero-order valence-corrected chi connectivity index (χ0v) is 7.99. The zero-order valence-electron chi connectivity index (χ0n) is 7.24. The van der Waals surface area contributed by atoms with Gasteiger partial charge in [0.15, 0.2) is 0 Å². The molecule has 3 nitrogen and oxygen atoms in total. The van der Waals surface area contributed by atoms with Crippen LogP contribution >= 0.6 is 11.6 Å². The highest BCUT2D eigenvalue weighted by Gasteiger charge is 2.34. The van der Waals surface area contributed by atoms with E-state index in [1.54, 1.807) is 4.98 Å². The van der Waals surface area contributed by atoms with Crippen molar-refractivity contribution in [3.63, 3.8) is 0 Å². The first kappa shape index (κ1) is 12.8. The molecule has 0 aliphatic heterocycles. The van der Waals surface area contributed by atoms with E-state index in [1.807, 2.05) is 0 Å². The van der Waals surface area contributed by atoms with E-state index in [0.29, 0.717) is 6.20 Å². The van der Waals surface area contributed by atoms with Crippen LogP contribution in [-0.2, 0) is 0 Å². The van der Waals surface area contributed by atoms with Crippen LogP contribution in [0.3, 0.4) is 0 Å². The van der Waals surface area contributed by atoms with Crippen LogP contribution < -0.4 is 10.3 Å². The Morgan fingerprint density at radius 2 is 1.94 bits per heavy atom. The molecule has 0 bridgehead atoms. The number of nitrogens with one attached hydrogen (secondary N) is 1. The average Bonchev–Trinajstić information content (AvgIpc) is 2.10. The molecule has 0 aliphatic carbocycles. The number of aromatic amines is 1. The number of ether oxygens (including phenoxy) is 1. The highest BCUT2D eigenvalue weighted by Crippen LogP contribution is 2.33. The minimum Gasteiger partial charge on any atom is -0.398 e. The third-order valence-corrected chi connectivity index (χ3v) is 1.86. The first-order chi connectivity index (χ1) is 7.22. The van der Waals surface area contributed by atoms with Gasteiger partial charge in [-0.1, -0.05) is 11.6 Å². The molecule has 1 aromatic rings. The molecule has 1 N–H and O–H groups in total. The van der Waals surface area contributed by atoms with Crippen LogP contribution in [0.1, 0.15) is 12.0 Å². The molecule has 0 atom stereocenters. The van der Waals surface area contributed by atoms with Crippen molar-refractivity contribution in [3.05, 3.63) is 27.1 Å². The Kier molecular flexibility index (Phi) is 3.41. The maximum atomic E-state index is 12.2. The summed E-state index contributed by atoms with van der Waals surface area (Å²) in [6.07, 6.45) is -7.78. The molecule has 16 heavy (non-hydrogen) atoms. The molecule has 90 valence electrons. The second kappa shape index (κ2) is 4.28. The molecular formula is C7H3ClF5NO2. The molecule has 0 aliphatic rings. The van der Waals surface area contributed by atoms with Crippen LogP contribution in [0.5, 0.6) is 5.75 Å². The van der Waals surface area contributed by atoms with E-state index in [9.17, 15) is 26.7 Å². The summed E-state index contributed by atoms with van der Waals surface area (Å²) < 4.78 is 63.1. The first-order valence-corrected chi connectivity index (χ1v) is 4.05. The third kappa shape index (κ3) is 2.84. The lowest BCUT2D eigenvalue weighted by molar-refractivity contribution is -0.275. The molecule has 0 spiro atoms. The van der Waals surface area contributed by atoms with E-state index in [1.165, 1.54) is 0 Å². The largest absolute Gasteiger partial charge is 0.573 e. The second-order valence-electron chi connectivity index (χ2n) is 2.56. The summed E-state index contributed by atoms with van der Waals surface area (Å²) in [5.41, 5.74) is -2.28. The van der Waals surface area contributed by atoms with Gasteiger partial charge in [-0.2, -0.15) is 0 Å². The molecule has 0 amide bonds. The van der Waals surface area contributed by atoms with Gasteiger partial charge in [-0.25, -0.2) is 8.78 Å². The number of rotatable bonds is 2. The smallest absolute Gasteiger partial charge is 0.398 e. The second-order valence-corrected chi connectivity index (χ2v) is 2.94. The lowest BCUT2D eigenvalue weighted by atomic mass is 10.3. The van der Waals surface area contributed by atoms with Gasteiger partial charge in [-0.3, -0.25) is 4.79 Å². The number of hydrogen-bond acceptors (Lipinski definition) is 2. The van der Waals surface area contributed by atoms with Gasteiger partial charge in [0.2, 0.25) is 5.75 Å². The van der Waals surface area contributed by atoms with E-state index in [2.05, 4.69) is 4.74 Å². The van der Waals surface area contributed by atoms with Crippen molar-refractivity contribution in [1.29, 1.82) is 0 Å². The Morgan fingerprint density at radius 3 is 2.38 bits per heavy atom. The number of pyridine rings is 1. The van der Waals surface area contributed by atoms with Gasteiger partial charge in [0.1, 0.15) is 0 Å². The van der Waals surface area contributed by atoms with E-state index < -0.39 is 34.7 Å². The Morgan fingerprint density at radius 1 is 1.38 bits per heavy atom. The van der Waals surface area contributed by atoms with E-state index in [4.69, 9.17) is 11.6 Å². The zero-order chi connectivity index (χ0) is 12.5. The lowest BCUT2D eigenvalue weighted by Gasteiger charge is -2.11. The van der Waals surface area contributed by atoms with E-state index >= 15 is 0 Å². The number of halogens is 6. The Bertz CT molecular complexity index is 441. The average molecular weight is 264 g/mol. The normalized spacial score (nSPS) is 11.9. The Balaban J connectivity index is 3.27. The Labute approximate surface area is 89.8 Å². The highest BCUT2D eigenvalue weighted by molar-refractivity contribution is 6.32. The molecule has 0 aromatic carbocycles. The van der Waals surface area contributed by atoms with Gasteiger partial charge in [0.05, 0.1) is 10.6 Å². The van der Waals surface area contributed by atoms with Crippen LogP contribution in [0, 0.1) is 0 Å². The fourth-order valence-corrected chi connectivity index (χ4v) is 1.13. The minimum absolute atomic E-state index is 0.526. The first-order valence-electron chi connectivity index (χ1n) is 3.67. The maximum Gasteiger partial charge on any atom is 0.573 e. The van der Waals surface area contributed by atoms with Crippen LogP contribution in [0.4, 0.5) is 22.0 Å². The summed E-state index contributed by atoms with van der Waals surface area (Å²) in [4.78, 5) is 12.6. The molecule has 1 rings (SSSR count). The van der Waals surface area contributed by atoms with Gasteiger partial charge < -0.3 is 9.72 Å².